The monoisotopic (exact) mass is 358 g/mol. The van der Waals surface area contributed by atoms with Gasteiger partial charge < -0.3 is 4.55 Å². The highest BCUT2D eigenvalue weighted by Gasteiger charge is 2.49. The molecule has 122 valence electrons. The van der Waals surface area contributed by atoms with Gasteiger partial charge in [-0.15, -0.1) is 0 Å². The first kappa shape index (κ1) is 20.0. The van der Waals surface area contributed by atoms with Gasteiger partial charge >= 0.3 is 21.8 Å². The zero-order valence-electron chi connectivity index (χ0n) is 9.77. The van der Waals surface area contributed by atoms with Crippen molar-refractivity contribution in [2.24, 2.45) is 5.73 Å². The summed E-state index contributed by atoms with van der Waals surface area (Å²) < 4.78 is 99.6. The fourth-order valence-electron chi connectivity index (χ4n) is 0.739. The molecule has 1 aromatic carbocycles. The van der Waals surface area contributed by atoms with Gasteiger partial charge in [-0.1, -0.05) is 18.2 Å². The van der Waals surface area contributed by atoms with Crippen molar-refractivity contribution in [3.05, 3.63) is 30.3 Å². The van der Waals surface area contributed by atoms with E-state index in [1.165, 1.54) is 24.3 Å². The molecule has 0 saturated carbocycles. The van der Waals surface area contributed by atoms with Crippen LogP contribution in [-0.2, 0) is 21.4 Å². The summed E-state index contributed by atoms with van der Waals surface area (Å²) in [6.45, 7) is 0. The molecule has 0 fully saturated rings. The molecule has 13 heteroatoms. The van der Waals surface area contributed by atoms with Crippen LogP contribution >= 0.6 is 0 Å². The highest BCUT2D eigenvalue weighted by molar-refractivity contribution is 8.05. The van der Waals surface area contributed by atoms with Gasteiger partial charge in [0.15, 0.2) is 4.90 Å². The second-order valence-electron chi connectivity index (χ2n) is 3.16. The number of nitrogens with two attached hydrogens (primary N) is 1. The van der Waals surface area contributed by atoms with Gasteiger partial charge in [0.2, 0.25) is 0 Å². The smallest absolute Gasteiger partial charge is 0.515 e. The van der Waals surface area contributed by atoms with Crippen molar-refractivity contribution < 1.29 is 39.3 Å². The average molecular weight is 358 g/mol. The molecule has 0 spiro atoms. The minimum Gasteiger partial charge on any atom is -0.592 e. The lowest BCUT2D eigenvalue weighted by Crippen LogP contribution is -2.40. The fourth-order valence-corrected chi connectivity index (χ4v) is 2.70. The molecule has 1 rings (SSSR count). The van der Waals surface area contributed by atoms with E-state index in [1.54, 1.807) is 6.07 Å². The maximum absolute atomic E-state index is 11.9. The second kappa shape index (κ2) is 7.31. The number of sulfonamides is 1. The Morgan fingerprint density at radius 3 is 1.76 bits per heavy atom. The van der Waals surface area contributed by atoms with Crippen LogP contribution in [0.3, 0.4) is 0 Å². The number of hydrogen-bond acceptors (Lipinski definition) is 4. The molecule has 1 unspecified atom stereocenters. The summed E-state index contributed by atoms with van der Waals surface area (Å²) in [6.07, 6.45) is -4.50. The van der Waals surface area contributed by atoms with Gasteiger partial charge in [0.05, 0.1) is 11.4 Å². The highest BCUT2D eigenvalue weighted by atomic mass is 32.3. The zero-order valence-corrected chi connectivity index (χ0v) is 11.4. The third-order valence-electron chi connectivity index (χ3n) is 1.45. The first-order valence-corrected chi connectivity index (χ1v) is 7.28. The largest absolute Gasteiger partial charge is 0.592 e. The quantitative estimate of drug-likeness (QED) is 0.488. The number of halogens is 6. The van der Waals surface area contributed by atoms with E-state index in [4.69, 9.17) is 0 Å². The summed E-state index contributed by atoms with van der Waals surface area (Å²) in [5, 5.41) is 0. The number of nitrogens with one attached hydrogen (secondary N) is 1. The topological polar surface area (TPSA) is 95.2 Å². The van der Waals surface area contributed by atoms with E-state index in [9.17, 15) is 39.3 Å². The van der Waals surface area contributed by atoms with E-state index < -0.39 is 33.2 Å². The lowest BCUT2D eigenvalue weighted by Gasteiger charge is -2.12. The molecule has 0 aliphatic heterocycles. The lowest BCUT2D eigenvalue weighted by molar-refractivity contribution is -0.122. The Bertz CT molecular complexity index is 525. The third-order valence-corrected chi connectivity index (χ3v) is 4.24. The Labute approximate surface area is 118 Å². The minimum absolute atomic E-state index is 0.0599. The van der Waals surface area contributed by atoms with Crippen LogP contribution in [0, 0.1) is 0 Å². The van der Waals surface area contributed by atoms with E-state index in [0.29, 0.717) is 0 Å². The predicted octanol–water partition coefficient (Wildman–Crippen LogP) is 1.61. The molecule has 21 heavy (non-hydrogen) atoms. The molecule has 0 heterocycles. The molecule has 0 bridgehead atoms. The van der Waals surface area contributed by atoms with Gasteiger partial charge in [0.25, 0.3) is 0 Å². The van der Waals surface area contributed by atoms with Crippen molar-refractivity contribution in [2.45, 2.75) is 16.7 Å². The Hall–Kier alpha value is -1.02. The molecule has 0 aliphatic rings. The van der Waals surface area contributed by atoms with Crippen LogP contribution in [0.2, 0.25) is 0 Å². The Morgan fingerprint density at radius 1 is 1.05 bits per heavy atom. The van der Waals surface area contributed by atoms with Gasteiger partial charge in [-0.2, -0.15) is 34.8 Å². The van der Waals surface area contributed by atoms with Crippen molar-refractivity contribution in [3.63, 3.8) is 0 Å². The van der Waals surface area contributed by atoms with Gasteiger partial charge in [-0.05, 0) is 16.3 Å². The number of hydrogen-bond donors (Lipinski definition) is 2. The van der Waals surface area contributed by atoms with Crippen molar-refractivity contribution in [1.82, 2.24) is 4.13 Å². The summed E-state index contributed by atoms with van der Waals surface area (Å²) in [7, 11) is -5.60. The molecule has 0 saturated heterocycles. The van der Waals surface area contributed by atoms with Crippen LogP contribution in [0.25, 0.3) is 0 Å². The third kappa shape index (κ3) is 8.77. The summed E-state index contributed by atoms with van der Waals surface area (Å²) in [4.78, 5) is -0.0599. The molecular weight excluding hydrogens is 350 g/mol. The average Bonchev–Trinajstić information content (AvgIpc) is 2.25. The van der Waals surface area contributed by atoms with Crippen molar-refractivity contribution in [3.8, 4) is 0 Å². The molecule has 5 nitrogen and oxygen atoms in total. The van der Waals surface area contributed by atoms with Crippen molar-refractivity contribution in [1.29, 1.82) is 0 Å². The normalized spacial score (nSPS) is 14.1. The van der Waals surface area contributed by atoms with Crippen LogP contribution in [-0.4, -0.2) is 24.8 Å². The molecule has 0 amide bonds. The number of rotatable bonds is 3. The predicted molar refractivity (Wildman–Crippen MR) is 61.2 cm³/mol. The maximum atomic E-state index is 11.9. The van der Waals surface area contributed by atoms with Gasteiger partial charge in [0.1, 0.15) is 0 Å². The fraction of sp³-hybridized carbons (Fsp3) is 0.250. The van der Waals surface area contributed by atoms with E-state index >= 15 is 0 Å². The SMILES string of the molecule is NC(F)(F)F.O=S(=O)(N[S+]([O-])c1ccccc1)C(F)(F)F. The molecular formula is C8H8F6N2O3S2. The van der Waals surface area contributed by atoms with E-state index in [2.05, 4.69) is 5.73 Å². The molecule has 0 radical (unpaired) electrons. The van der Waals surface area contributed by atoms with E-state index in [-0.39, 0.29) is 4.90 Å². The summed E-state index contributed by atoms with van der Waals surface area (Å²) in [5.41, 5.74) is -2.12. The van der Waals surface area contributed by atoms with Crippen LogP contribution in [0.5, 0.6) is 0 Å². The van der Waals surface area contributed by atoms with Crippen LogP contribution < -0.4 is 9.86 Å². The molecule has 0 aliphatic carbocycles. The van der Waals surface area contributed by atoms with Crippen LogP contribution in [0.1, 0.15) is 0 Å². The summed E-state index contributed by atoms with van der Waals surface area (Å²) in [5.74, 6) is 0. The Kier molecular flexibility index (Phi) is 6.95. The summed E-state index contributed by atoms with van der Waals surface area (Å²) in [6, 6.07) is 6.90. The van der Waals surface area contributed by atoms with Gasteiger partial charge in [-0.3, -0.25) is 0 Å². The number of benzene rings is 1. The van der Waals surface area contributed by atoms with Crippen molar-refractivity contribution >= 4 is 21.4 Å². The first-order valence-electron chi connectivity index (χ1n) is 4.65. The van der Waals surface area contributed by atoms with Crippen molar-refractivity contribution in [2.75, 3.05) is 0 Å². The molecule has 1 aromatic rings. The Morgan fingerprint density at radius 2 is 1.43 bits per heavy atom. The lowest BCUT2D eigenvalue weighted by atomic mass is 10.4. The van der Waals surface area contributed by atoms with Gasteiger partial charge in [-0.25, -0.2) is 5.73 Å². The second-order valence-corrected chi connectivity index (χ2v) is 6.30. The minimum atomic E-state index is -5.60. The van der Waals surface area contributed by atoms with Gasteiger partial charge in [0, 0.05) is 0 Å². The van der Waals surface area contributed by atoms with E-state index in [1.807, 2.05) is 0 Å². The van der Waals surface area contributed by atoms with E-state index in [0.717, 1.165) is 4.13 Å². The molecule has 1 atom stereocenters. The molecule has 3 N–H and O–H groups in total. The highest BCUT2D eigenvalue weighted by Crippen LogP contribution is 2.23. The zero-order chi connectivity index (χ0) is 16.9. The molecule has 0 aromatic heterocycles. The summed E-state index contributed by atoms with van der Waals surface area (Å²) >= 11 is -2.46. The first-order chi connectivity index (χ1) is 9.24. The Balaban J connectivity index is 0.000000690. The van der Waals surface area contributed by atoms with Crippen LogP contribution in [0.15, 0.2) is 35.2 Å². The maximum Gasteiger partial charge on any atom is 0.515 e. The standard InChI is InChI=1S/C7H6F3NO3S2.CH2F3N/c8-7(9,10)16(13,14)11-15(12)6-4-2-1-3-5-6;2-1(3,4)5/h1-5,11H;5H2. The van der Waals surface area contributed by atoms with Crippen LogP contribution in [0.4, 0.5) is 26.3 Å². The number of alkyl halides is 6.